The number of nitrogens with zero attached hydrogens (tertiary/aromatic N) is 2. The molecule has 1 aliphatic rings. The van der Waals surface area contributed by atoms with Gasteiger partial charge in [-0.05, 0) is 31.6 Å². The molecule has 4 heteroatoms. The highest BCUT2D eigenvalue weighted by Gasteiger charge is 2.33. The van der Waals surface area contributed by atoms with Crippen molar-refractivity contribution < 1.29 is 4.84 Å². The zero-order valence-electron chi connectivity index (χ0n) is 11.8. The lowest BCUT2D eigenvalue weighted by atomic mass is 9.75. The van der Waals surface area contributed by atoms with Crippen LogP contribution < -0.4 is 0 Å². The van der Waals surface area contributed by atoms with Gasteiger partial charge in [0.05, 0.1) is 11.4 Å². The average molecular weight is 249 g/mol. The van der Waals surface area contributed by atoms with E-state index in [9.17, 15) is 0 Å². The molecule has 0 amide bonds. The van der Waals surface area contributed by atoms with Gasteiger partial charge in [-0.15, -0.1) is 0 Å². The van der Waals surface area contributed by atoms with Crippen LogP contribution in [-0.4, -0.2) is 22.5 Å². The van der Waals surface area contributed by atoms with Crippen LogP contribution in [0, 0.1) is 5.41 Å². The second-order valence-electron chi connectivity index (χ2n) is 5.75. The van der Waals surface area contributed by atoms with E-state index in [2.05, 4.69) is 36.1 Å². The molecule has 0 unspecified atom stereocenters. The number of H-pyrrole nitrogens is 1. The summed E-state index contributed by atoms with van der Waals surface area (Å²) < 4.78 is 0. The first-order valence-electron chi connectivity index (χ1n) is 6.82. The molecule has 2 rings (SSSR count). The molecule has 1 heterocycles. The number of hydrogen-bond acceptors (Lipinski definition) is 3. The summed E-state index contributed by atoms with van der Waals surface area (Å²) in [6, 6.07) is 0. The van der Waals surface area contributed by atoms with Gasteiger partial charge in [0.2, 0.25) is 0 Å². The summed E-state index contributed by atoms with van der Waals surface area (Å²) >= 11 is 0. The number of nitrogens with one attached hydrogen (secondary N) is 1. The maximum absolute atomic E-state index is 5.27. The van der Waals surface area contributed by atoms with Crippen LogP contribution in [0.15, 0.2) is 5.16 Å². The molecule has 4 nitrogen and oxygen atoms in total. The predicted molar refractivity (Wildman–Crippen MR) is 72.8 cm³/mol. The van der Waals surface area contributed by atoms with Gasteiger partial charge in [-0.3, -0.25) is 5.10 Å². The van der Waals surface area contributed by atoms with Crippen molar-refractivity contribution in [2.75, 3.05) is 6.61 Å². The number of fused-ring (bicyclic) bond motifs is 1. The Bertz CT molecular complexity index is 446. The fraction of sp³-hybridized carbons (Fsp3) is 0.714. The van der Waals surface area contributed by atoms with E-state index >= 15 is 0 Å². The number of hydrogen-bond donors (Lipinski definition) is 1. The van der Waals surface area contributed by atoms with Crippen molar-refractivity contribution in [1.29, 1.82) is 0 Å². The minimum atomic E-state index is 0.221. The van der Waals surface area contributed by atoms with Gasteiger partial charge in [0.1, 0.15) is 6.61 Å². The summed E-state index contributed by atoms with van der Waals surface area (Å²) in [5.41, 5.74) is 4.85. The van der Waals surface area contributed by atoms with Gasteiger partial charge in [0.25, 0.3) is 0 Å². The van der Waals surface area contributed by atoms with Crippen LogP contribution in [0.25, 0.3) is 0 Å². The third kappa shape index (κ3) is 2.57. The van der Waals surface area contributed by atoms with Crippen molar-refractivity contribution in [3.63, 3.8) is 0 Å². The fourth-order valence-corrected chi connectivity index (χ4v) is 2.61. The first-order valence-corrected chi connectivity index (χ1v) is 6.82. The van der Waals surface area contributed by atoms with Crippen molar-refractivity contribution in [3.05, 3.63) is 17.0 Å². The molecular formula is C14H23N3O. The van der Waals surface area contributed by atoms with Gasteiger partial charge < -0.3 is 4.84 Å². The van der Waals surface area contributed by atoms with Crippen LogP contribution >= 0.6 is 0 Å². The molecule has 0 atom stereocenters. The number of oxime groups is 1. The minimum absolute atomic E-state index is 0.221. The van der Waals surface area contributed by atoms with Gasteiger partial charge in [-0.1, -0.05) is 32.3 Å². The Labute approximate surface area is 109 Å². The lowest BCUT2D eigenvalue weighted by molar-refractivity contribution is 0.156. The molecule has 18 heavy (non-hydrogen) atoms. The quantitative estimate of drug-likeness (QED) is 0.834. The van der Waals surface area contributed by atoms with Gasteiger partial charge in [0, 0.05) is 11.3 Å². The monoisotopic (exact) mass is 249 g/mol. The molecule has 1 N–H and O–H groups in total. The molecule has 100 valence electrons. The number of aromatic nitrogens is 2. The summed E-state index contributed by atoms with van der Waals surface area (Å²) in [5.74, 6) is 0. The highest BCUT2D eigenvalue weighted by Crippen LogP contribution is 2.35. The van der Waals surface area contributed by atoms with Crippen LogP contribution in [0.4, 0.5) is 0 Å². The minimum Gasteiger partial charge on any atom is -0.396 e. The Morgan fingerprint density at radius 2 is 2.11 bits per heavy atom. The van der Waals surface area contributed by atoms with Gasteiger partial charge in [-0.2, -0.15) is 5.10 Å². The van der Waals surface area contributed by atoms with E-state index < -0.39 is 0 Å². The third-order valence-electron chi connectivity index (χ3n) is 3.30. The molecule has 0 aromatic carbocycles. The summed E-state index contributed by atoms with van der Waals surface area (Å²) in [6.07, 6.45) is 4.08. The molecule has 1 aromatic heterocycles. The highest BCUT2D eigenvalue weighted by atomic mass is 16.6. The summed E-state index contributed by atoms with van der Waals surface area (Å²) in [5, 5.41) is 11.9. The smallest absolute Gasteiger partial charge is 0.114 e. The van der Waals surface area contributed by atoms with E-state index in [0.717, 1.165) is 37.1 Å². The molecule has 1 aliphatic carbocycles. The van der Waals surface area contributed by atoms with Crippen LogP contribution in [0.2, 0.25) is 0 Å². The number of aryl methyl sites for hydroxylation is 1. The lowest BCUT2D eigenvalue weighted by Crippen LogP contribution is -2.28. The van der Waals surface area contributed by atoms with E-state index in [1.165, 1.54) is 11.3 Å². The van der Waals surface area contributed by atoms with Crippen LogP contribution in [-0.2, 0) is 17.7 Å². The van der Waals surface area contributed by atoms with E-state index in [0.29, 0.717) is 6.61 Å². The highest BCUT2D eigenvalue weighted by molar-refractivity contribution is 6.03. The molecule has 0 saturated carbocycles. The summed E-state index contributed by atoms with van der Waals surface area (Å²) in [4.78, 5) is 5.27. The standard InChI is InChI=1S/C14H23N3O/c1-5-7-10-13-11(16-15-10)8-14(3,4)9-12(13)17-18-6-2/h5-9H2,1-4H3,(H,15,16). The predicted octanol–water partition coefficient (Wildman–Crippen LogP) is 3.08. The number of rotatable bonds is 4. The van der Waals surface area contributed by atoms with Gasteiger partial charge in [-0.25, -0.2) is 0 Å². The van der Waals surface area contributed by atoms with Crippen molar-refractivity contribution in [2.24, 2.45) is 10.6 Å². The van der Waals surface area contributed by atoms with Crippen LogP contribution in [0.5, 0.6) is 0 Å². The molecule has 0 fully saturated rings. The maximum atomic E-state index is 5.27. The Kier molecular flexibility index (Phi) is 3.73. The zero-order valence-corrected chi connectivity index (χ0v) is 11.8. The summed E-state index contributed by atoms with van der Waals surface area (Å²) in [6.45, 7) is 9.27. The number of aromatic amines is 1. The Balaban J connectivity index is 2.40. The molecule has 0 aliphatic heterocycles. The summed E-state index contributed by atoms with van der Waals surface area (Å²) in [7, 11) is 0. The maximum Gasteiger partial charge on any atom is 0.114 e. The van der Waals surface area contributed by atoms with Gasteiger partial charge in [0.15, 0.2) is 0 Å². The lowest BCUT2D eigenvalue weighted by Gasteiger charge is -2.29. The Morgan fingerprint density at radius 3 is 2.78 bits per heavy atom. The normalized spacial score (nSPS) is 19.9. The largest absolute Gasteiger partial charge is 0.396 e. The second kappa shape index (κ2) is 5.12. The van der Waals surface area contributed by atoms with Crippen molar-refractivity contribution in [3.8, 4) is 0 Å². The van der Waals surface area contributed by atoms with Crippen molar-refractivity contribution in [2.45, 2.75) is 53.4 Å². The van der Waals surface area contributed by atoms with Crippen molar-refractivity contribution >= 4 is 5.71 Å². The topological polar surface area (TPSA) is 50.3 Å². The van der Waals surface area contributed by atoms with E-state index in [1.807, 2.05) is 6.92 Å². The van der Waals surface area contributed by atoms with E-state index in [-0.39, 0.29) is 5.41 Å². The average Bonchev–Trinajstić information content (AvgIpc) is 2.68. The second-order valence-corrected chi connectivity index (χ2v) is 5.75. The molecular weight excluding hydrogens is 226 g/mol. The van der Waals surface area contributed by atoms with Crippen molar-refractivity contribution in [1.82, 2.24) is 10.2 Å². The Morgan fingerprint density at radius 1 is 1.33 bits per heavy atom. The first kappa shape index (κ1) is 13.1. The fourth-order valence-electron chi connectivity index (χ4n) is 2.61. The Hall–Kier alpha value is -1.32. The molecule has 0 saturated heterocycles. The van der Waals surface area contributed by atoms with Gasteiger partial charge >= 0.3 is 0 Å². The SMILES string of the molecule is CCCc1n[nH]c2c1C(=NOCC)CC(C)(C)C2. The van der Waals surface area contributed by atoms with Crippen LogP contribution in [0.3, 0.4) is 0 Å². The third-order valence-corrected chi connectivity index (χ3v) is 3.30. The molecule has 0 spiro atoms. The van der Waals surface area contributed by atoms with Crippen LogP contribution in [0.1, 0.15) is 57.5 Å². The van der Waals surface area contributed by atoms with E-state index in [4.69, 9.17) is 4.84 Å². The first-order chi connectivity index (χ1) is 8.57. The van der Waals surface area contributed by atoms with E-state index in [1.54, 1.807) is 0 Å². The molecule has 1 aromatic rings. The molecule has 0 radical (unpaired) electrons. The molecule has 0 bridgehead atoms. The zero-order chi connectivity index (χ0) is 13.2.